The molecule has 2 N–H and O–H groups in total. The molecule has 2 unspecified atom stereocenters. The summed E-state index contributed by atoms with van der Waals surface area (Å²) in [7, 11) is 0. The van der Waals surface area contributed by atoms with Gasteiger partial charge in [-0.25, -0.2) is 0 Å². The van der Waals surface area contributed by atoms with Crippen LogP contribution in [0.15, 0.2) is 24.3 Å². The summed E-state index contributed by atoms with van der Waals surface area (Å²) in [5.41, 5.74) is 1.21. The first-order valence-corrected chi connectivity index (χ1v) is 7.24. The van der Waals surface area contributed by atoms with Crippen LogP contribution in [0.3, 0.4) is 0 Å². The molecule has 1 amide bonds. The van der Waals surface area contributed by atoms with E-state index in [1.54, 1.807) is 6.92 Å². The van der Waals surface area contributed by atoms with E-state index in [1.165, 1.54) is 5.56 Å². The molecule has 1 rings (SSSR count). The van der Waals surface area contributed by atoms with Gasteiger partial charge in [0.05, 0.1) is 0 Å². The second-order valence-electron chi connectivity index (χ2n) is 5.27. The number of rotatable bonds is 7. The van der Waals surface area contributed by atoms with Gasteiger partial charge in [-0.05, 0) is 51.9 Å². The van der Waals surface area contributed by atoms with Crippen LogP contribution in [0, 0.1) is 0 Å². The second kappa shape index (κ2) is 7.90. The van der Waals surface area contributed by atoms with Crippen molar-refractivity contribution < 1.29 is 9.53 Å². The predicted octanol–water partition coefficient (Wildman–Crippen LogP) is 2.65. The summed E-state index contributed by atoms with van der Waals surface area (Å²) in [6, 6.07) is 8.29. The molecule has 4 heteroatoms. The lowest BCUT2D eigenvalue weighted by Gasteiger charge is -2.17. The van der Waals surface area contributed by atoms with Crippen molar-refractivity contribution in [2.24, 2.45) is 0 Å². The van der Waals surface area contributed by atoms with Gasteiger partial charge in [-0.15, -0.1) is 0 Å². The summed E-state index contributed by atoms with van der Waals surface area (Å²) in [6.45, 7) is 10.8. The van der Waals surface area contributed by atoms with E-state index in [0.29, 0.717) is 11.8 Å². The molecule has 0 fully saturated rings. The first kappa shape index (κ1) is 16.5. The lowest BCUT2D eigenvalue weighted by atomic mass is 10.1. The Morgan fingerprint density at radius 2 is 1.75 bits per heavy atom. The minimum Gasteiger partial charge on any atom is -0.481 e. The lowest BCUT2D eigenvalue weighted by Crippen LogP contribution is -2.40. The summed E-state index contributed by atoms with van der Waals surface area (Å²) in [6.07, 6.45) is -0.491. The van der Waals surface area contributed by atoms with E-state index in [1.807, 2.05) is 38.1 Å². The second-order valence-corrected chi connectivity index (χ2v) is 5.27. The third-order valence-corrected chi connectivity index (χ3v) is 3.00. The van der Waals surface area contributed by atoms with E-state index in [-0.39, 0.29) is 11.9 Å². The topological polar surface area (TPSA) is 50.4 Å². The molecule has 0 spiro atoms. The smallest absolute Gasteiger partial charge is 0.260 e. The van der Waals surface area contributed by atoms with E-state index in [9.17, 15) is 4.79 Å². The summed E-state index contributed by atoms with van der Waals surface area (Å²) >= 11 is 0. The monoisotopic (exact) mass is 278 g/mol. The van der Waals surface area contributed by atoms with Crippen molar-refractivity contribution in [3.63, 3.8) is 0 Å². The van der Waals surface area contributed by atoms with Crippen LogP contribution < -0.4 is 15.4 Å². The van der Waals surface area contributed by atoms with Gasteiger partial charge < -0.3 is 15.4 Å². The minimum atomic E-state index is -0.491. The van der Waals surface area contributed by atoms with Crippen molar-refractivity contribution in [1.82, 2.24) is 10.6 Å². The quantitative estimate of drug-likeness (QED) is 0.806. The Hall–Kier alpha value is -1.55. The number of carbonyl (C=O) groups excluding carboxylic acids is 1. The fraction of sp³-hybridized carbons (Fsp3) is 0.562. The third-order valence-electron chi connectivity index (χ3n) is 3.00. The zero-order valence-corrected chi connectivity index (χ0v) is 13.1. The summed E-state index contributed by atoms with van der Waals surface area (Å²) < 4.78 is 5.64. The SMILES string of the molecule is CCNC(C)c1ccc(OC(C)C(=O)NC(C)C)cc1. The van der Waals surface area contributed by atoms with Gasteiger partial charge in [-0.3, -0.25) is 4.79 Å². The molecular weight excluding hydrogens is 252 g/mol. The molecule has 0 saturated carbocycles. The first-order chi connectivity index (χ1) is 9.43. The molecule has 2 atom stereocenters. The molecule has 0 aromatic heterocycles. The van der Waals surface area contributed by atoms with Crippen molar-refractivity contribution in [2.45, 2.75) is 52.8 Å². The highest BCUT2D eigenvalue weighted by molar-refractivity contribution is 5.80. The Morgan fingerprint density at radius 1 is 1.15 bits per heavy atom. The number of hydrogen-bond acceptors (Lipinski definition) is 3. The standard InChI is InChI=1S/C16H26N2O2/c1-6-17-12(4)14-7-9-15(10-8-14)20-13(5)16(19)18-11(2)3/h7-13,17H,6H2,1-5H3,(H,18,19). The van der Waals surface area contributed by atoms with E-state index in [4.69, 9.17) is 4.74 Å². The van der Waals surface area contributed by atoms with Gasteiger partial charge in [0, 0.05) is 12.1 Å². The van der Waals surface area contributed by atoms with Gasteiger partial charge >= 0.3 is 0 Å². The number of carbonyl (C=O) groups is 1. The van der Waals surface area contributed by atoms with Gasteiger partial charge in [0.1, 0.15) is 5.75 Å². The Kier molecular flexibility index (Phi) is 6.52. The van der Waals surface area contributed by atoms with Crippen LogP contribution in [-0.4, -0.2) is 24.6 Å². The highest BCUT2D eigenvalue weighted by Crippen LogP contribution is 2.18. The van der Waals surface area contributed by atoms with Gasteiger partial charge in [-0.2, -0.15) is 0 Å². The third kappa shape index (κ3) is 5.21. The summed E-state index contributed by atoms with van der Waals surface area (Å²) in [5, 5.41) is 6.19. The predicted molar refractivity (Wildman–Crippen MR) is 81.9 cm³/mol. The Bertz CT molecular complexity index is 415. The maximum atomic E-state index is 11.8. The van der Waals surface area contributed by atoms with Gasteiger partial charge in [0.2, 0.25) is 0 Å². The highest BCUT2D eigenvalue weighted by Gasteiger charge is 2.15. The molecule has 0 heterocycles. The maximum absolute atomic E-state index is 11.8. The number of benzene rings is 1. The molecule has 0 saturated heterocycles. The van der Waals surface area contributed by atoms with Crippen molar-refractivity contribution in [2.75, 3.05) is 6.54 Å². The van der Waals surface area contributed by atoms with Gasteiger partial charge in [0.15, 0.2) is 6.10 Å². The molecular formula is C16H26N2O2. The van der Waals surface area contributed by atoms with Crippen molar-refractivity contribution >= 4 is 5.91 Å². The van der Waals surface area contributed by atoms with Crippen LogP contribution in [0.5, 0.6) is 5.75 Å². The largest absolute Gasteiger partial charge is 0.481 e. The van der Waals surface area contributed by atoms with Gasteiger partial charge in [-0.1, -0.05) is 19.1 Å². The fourth-order valence-corrected chi connectivity index (χ4v) is 1.92. The van der Waals surface area contributed by atoms with Crippen LogP contribution in [0.2, 0.25) is 0 Å². The number of ether oxygens (including phenoxy) is 1. The molecule has 4 nitrogen and oxygen atoms in total. The molecule has 0 bridgehead atoms. The van der Waals surface area contributed by atoms with Crippen LogP contribution in [0.4, 0.5) is 0 Å². The Labute approximate surface area is 121 Å². The van der Waals surface area contributed by atoms with Crippen LogP contribution in [0.25, 0.3) is 0 Å². The molecule has 20 heavy (non-hydrogen) atoms. The maximum Gasteiger partial charge on any atom is 0.260 e. The Balaban J connectivity index is 2.59. The molecule has 1 aromatic rings. The number of hydrogen-bond donors (Lipinski definition) is 2. The molecule has 0 aliphatic heterocycles. The lowest BCUT2D eigenvalue weighted by molar-refractivity contribution is -0.127. The van der Waals surface area contributed by atoms with Crippen molar-refractivity contribution in [3.8, 4) is 5.75 Å². The Morgan fingerprint density at radius 3 is 2.25 bits per heavy atom. The summed E-state index contributed by atoms with van der Waals surface area (Å²) in [4.78, 5) is 11.8. The van der Waals surface area contributed by atoms with E-state index < -0.39 is 6.10 Å². The first-order valence-electron chi connectivity index (χ1n) is 7.24. The van der Waals surface area contributed by atoms with Crippen LogP contribution >= 0.6 is 0 Å². The number of nitrogens with one attached hydrogen (secondary N) is 2. The van der Waals surface area contributed by atoms with E-state index in [0.717, 1.165) is 6.54 Å². The van der Waals surface area contributed by atoms with Crippen molar-refractivity contribution in [1.29, 1.82) is 0 Å². The van der Waals surface area contributed by atoms with Gasteiger partial charge in [0.25, 0.3) is 5.91 Å². The van der Waals surface area contributed by atoms with Crippen molar-refractivity contribution in [3.05, 3.63) is 29.8 Å². The average molecular weight is 278 g/mol. The van der Waals surface area contributed by atoms with E-state index in [2.05, 4.69) is 24.5 Å². The molecule has 0 radical (unpaired) electrons. The summed E-state index contributed by atoms with van der Waals surface area (Å²) in [5.74, 6) is 0.619. The normalized spacial score (nSPS) is 13.9. The zero-order chi connectivity index (χ0) is 15.1. The molecule has 0 aliphatic carbocycles. The average Bonchev–Trinajstić information content (AvgIpc) is 2.39. The fourth-order valence-electron chi connectivity index (χ4n) is 1.92. The molecule has 0 aliphatic rings. The minimum absolute atomic E-state index is 0.0925. The van der Waals surface area contributed by atoms with Crippen LogP contribution in [0.1, 0.15) is 46.2 Å². The highest BCUT2D eigenvalue weighted by atomic mass is 16.5. The molecule has 1 aromatic carbocycles. The zero-order valence-electron chi connectivity index (χ0n) is 13.1. The van der Waals surface area contributed by atoms with Crippen LogP contribution in [-0.2, 0) is 4.79 Å². The van der Waals surface area contributed by atoms with E-state index >= 15 is 0 Å². The number of amides is 1. The molecule has 112 valence electrons.